The number of nitriles is 1. The van der Waals surface area contributed by atoms with Gasteiger partial charge in [-0.1, -0.05) is 20.8 Å². The summed E-state index contributed by atoms with van der Waals surface area (Å²) < 4.78 is 4.74. The highest BCUT2D eigenvalue weighted by atomic mass is 16.5. The lowest BCUT2D eigenvalue weighted by Gasteiger charge is -2.25. The van der Waals surface area contributed by atoms with Gasteiger partial charge in [0, 0.05) is 5.41 Å². The molecule has 0 aliphatic carbocycles. The molecule has 1 atom stereocenters. The average molecular weight is 210 g/mol. The number of rotatable bonds is 7. The smallest absolute Gasteiger partial charge is 0.286 e. The third-order valence-electron chi connectivity index (χ3n) is 2.23. The Balaban J connectivity index is 3.87. The first kappa shape index (κ1) is 13.7. The van der Waals surface area contributed by atoms with Crippen molar-refractivity contribution in [3.8, 4) is 6.26 Å². The summed E-state index contributed by atoms with van der Waals surface area (Å²) in [4.78, 5) is 13.4. The zero-order valence-electron chi connectivity index (χ0n) is 9.62. The number of carbonyl (C=O) groups excluding carboxylic acids is 1. The predicted octanol–water partition coefficient (Wildman–Crippen LogP) is 2.26. The fourth-order valence-corrected chi connectivity index (χ4v) is 1.66. The lowest BCUT2D eigenvalue weighted by molar-refractivity contribution is 0.124. The van der Waals surface area contributed by atoms with E-state index in [2.05, 4.69) is 25.8 Å². The van der Waals surface area contributed by atoms with Gasteiger partial charge in [-0.05, 0) is 18.8 Å². The minimum Gasteiger partial charge on any atom is -0.427 e. The number of hydrogen-bond donors (Lipinski definition) is 0. The summed E-state index contributed by atoms with van der Waals surface area (Å²) >= 11 is 0. The van der Waals surface area contributed by atoms with Gasteiger partial charge in [-0.25, -0.2) is 9.79 Å². The normalized spacial score (nSPS) is 12.4. The monoisotopic (exact) mass is 210 g/mol. The van der Waals surface area contributed by atoms with Gasteiger partial charge in [0.15, 0.2) is 0 Å². The largest absolute Gasteiger partial charge is 0.427 e. The van der Waals surface area contributed by atoms with Gasteiger partial charge >= 0.3 is 0 Å². The number of isocyanates is 1. The first-order valence-corrected chi connectivity index (χ1v) is 5.06. The number of aliphatic imine (C=N–C) groups is 1. The van der Waals surface area contributed by atoms with Crippen LogP contribution in [0.4, 0.5) is 0 Å². The Bertz CT molecular complexity index is 262. The maximum atomic E-state index is 9.87. The van der Waals surface area contributed by atoms with Gasteiger partial charge in [0.2, 0.25) is 6.08 Å². The van der Waals surface area contributed by atoms with Crippen LogP contribution < -0.4 is 0 Å². The van der Waals surface area contributed by atoms with E-state index < -0.39 is 0 Å². The molecule has 1 unspecified atom stereocenters. The molecule has 0 radical (unpaired) electrons. The summed E-state index contributed by atoms with van der Waals surface area (Å²) in [6.07, 6.45) is 5.02. The molecule has 4 nitrogen and oxygen atoms in total. The molecule has 0 aliphatic heterocycles. The molecule has 84 valence electrons. The standard InChI is InChI=1S/C11H18N2O2/c1-10(4-5-13-9-14)6-11(2,3)7-15-8-12/h10H,4-7H2,1-3H3. The van der Waals surface area contributed by atoms with Crippen LogP contribution in [-0.4, -0.2) is 19.2 Å². The van der Waals surface area contributed by atoms with Gasteiger partial charge in [0.05, 0.1) is 6.54 Å². The Morgan fingerprint density at radius 3 is 2.73 bits per heavy atom. The molecule has 0 heterocycles. The van der Waals surface area contributed by atoms with E-state index in [1.54, 1.807) is 6.26 Å². The molecule has 0 spiro atoms. The van der Waals surface area contributed by atoms with Crippen molar-refractivity contribution >= 4 is 6.08 Å². The number of nitrogens with zero attached hydrogens (tertiary/aromatic N) is 2. The molecule has 4 heteroatoms. The topological polar surface area (TPSA) is 62.4 Å². The fraction of sp³-hybridized carbons (Fsp3) is 0.818. The van der Waals surface area contributed by atoms with Crippen LogP contribution in [-0.2, 0) is 9.53 Å². The molecule has 0 saturated heterocycles. The van der Waals surface area contributed by atoms with Gasteiger partial charge in [0.25, 0.3) is 6.26 Å². The molecule has 0 bridgehead atoms. The van der Waals surface area contributed by atoms with Crippen molar-refractivity contribution in [3.63, 3.8) is 0 Å². The van der Waals surface area contributed by atoms with E-state index >= 15 is 0 Å². The third kappa shape index (κ3) is 7.72. The SMILES string of the molecule is CC(CCN=C=O)CC(C)(C)COC#N. The fourth-order valence-electron chi connectivity index (χ4n) is 1.66. The molecule has 0 amide bonds. The minimum absolute atomic E-state index is 0.0138. The van der Waals surface area contributed by atoms with Gasteiger partial charge in [-0.15, -0.1) is 0 Å². The zero-order chi connectivity index (χ0) is 11.7. The van der Waals surface area contributed by atoms with Crippen LogP contribution in [0, 0.1) is 22.9 Å². The van der Waals surface area contributed by atoms with Gasteiger partial charge in [-0.2, -0.15) is 5.26 Å². The van der Waals surface area contributed by atoms with Gasteiger partial charge < -0.3 is 4.74 Å². The Morgan fingerprint density at radius 1 is 1.53 bits per heavy atom. The predicted molar refractivity (Wildman–Crippen MR) is 56.7 cm³/mol. The van der Waals surface area contributed by atoms with E-state index in [1.807, 2.05) is 0 Å². The summed E-state index contributed by atoms with van der Waals surface area (Å²) in [7, 11) is 0. The maximum absolute atomic E-state index is 9.87. The van der Waals surface area contributed by atoms with Crippen molar-refractivity contribution in [1.29, 1.82) is 5.26 Å². The van der Waals surface area contributed by atoms with Crippen LogP contribution in [0.2, 0.25) is 0 Å². The zero-order valence-corrected chi connectivity index (χ0v) is 9.62. The first-order chi connectivity index (χ1) is 7.02. The van der Waals surface area contributed by atoms with E-state index in [1.165, 1.54) is 6.08 Å². The van der Waals surface area contributed by atoms with Gasteiger partial charge in [-0.3, -0.25) is 0 Å². The Morgan fingerprint density at radius 2 is 2.20 bits per heavy atom. The van der Waals surface area contributed by atoms with Crippen LogP contribution in [0.15, 0.2) is 4.99 Å². The van der Waals surface area contributed by atoms with Crippen molar-refractivity contribution in [2.45, 2.75) is 33.6 Å². The van der Waals surface area contributed by atoms with E-state index in [4.69, 9.17) is 10.00 Å². The molecule has 0 aromatic carbocycles. The van der Waals surface area contributed by atoms with Crippen LogP contribution in [0.1, 0.15) is 33.6 Å². The highest BCUT2D eigenvalue weighted by Crippen LogP contribution is 2.27. The second kappa shape index (κ2) is 7.03. The van der Waals surface area contributed by atoms with Crippen LogP contribution in [0.3, 0.4) is 0 Å². The Hall–Kier alpha value is -1.33. The molecule has 15 heavy (non-hydrogen) atoms. The number of ether oxygens (including phenoxy) is 1. The Labute approximate surface area is 91.0 Å². The summed E-state index contributed by atoms with van der Waals surface area (Å²) in [6.45, 7) is 7.19. The second-order valence-corrected chi connectivity index (χ2v) is 4.62. The molecule has 0 aromatic rings. The molecule has 0 aromatic heterocycles. The average Bonchev–Trinajstić information content (AvgIpc) is 2.14. The molecule has 0 aliphatic rings. The molecule has 0 saturated carbocycles. The highest BCUT2D eigenvalue weighted by molar-refractivity contribution is 5.32. The Kier molecular flexibility index (Phi) is 6.40. The summed E-state index contributed by atoms with van der Waals surface area (Å²) in [6, 6.07) is 0. The lowest BCUT2D eigenvalue weighted by Crippen LogP contribution is -2.21. The van der Waals surface area contributed by atoms with E-state index in [0.717, 1.165) is 12.8 Å². The summed E-state index contributed by atoms with van der Waals surface area (Å²) in [5.74, 6) is 0.458. The molecule has 0 N–H and O–H groups in total. The van der Waals surface area contributed by atoms with Crippen molar-refractivity contribution in [2.24, 2.45) is 16.3 Å². The summed E-state index contributed by atoms with van der Waals surface area (Å²) in [5.41, 5.74) is -0.0138. The summed E-state index contributed by atoms with van der Waals surface area (Å²) in [5, 5.41) is 8.31. The van der Waals surface area contributed by atoms with Crippen LogP contribution in [0.25, 0.3) is 0 Å². The quantitative estimate of drug-likeness (QED) is 0.368. The van der Waals surface area contributed by atoms with Crippen molar-refractivity contribution in [1.82, 2.24) is 0 Å². The van der Waals surface area contributed by atoms with Crippen molar-refractivity contribution < 1.29 is 9.53 Å². The van der Waals surface area contributed by atoms with E-state index in [9.17, 15) is 4.79 Å². The molecule has 0 fully saturated rings. The van der Waals surface area contributed by atoms with E-state index in [0.29, 0.717) is 19.1 Å². The van der Waals surface area contributed by atoms with Gasteiger partial charge in [0.1, 0.15) is 6.61 Å². The van der Waals surface area contributed by atoms with Crippen molar-refractivity contribution in [3.05, 3.63) is 0 Å². The maximum Gasteiger partial charge on any atom is 0.286 e. The second-order valence-electron chi connectivity index (χ2n) is 4.62. The van der Waals surface area contributed by atoms with Crippen LogP contribution >= 0.6 is 0 Å². The molecule has 0 rings (SSSR count). The minimum atomic E-state index is -0.0138. The van der Waals surface area contributed by atoms with Crippen LogP contribution in [0.5, 0.6) is 0 Å². The molecular weight excluding hydrogens is 192 g/mol. The molecular formula is C11H18N2O2. The van der Waals surface area contributed by atoms with E-state index in [-0.39, 0.29) is 5.41 Å². The first-order valence-electron chi connectivity index (χ1n) is 5.06. The van der Waals surface area contributed by atoms with Crippen molar-refractivity contribution in [2.75, 3.05) is 13.2 Å². The number of hydrogen-bond acceptors (Lipinski definition) is 4. The third-order valence-corrected chi connectivity index (χ3v) is 2.23. The lowest BCUT2D eigenvalue weighted by atomic mass is 9.83. The highest BCUT2D eigenvalue weighted by Gasteiger charge is 2.21.